The summed E-state index contributed by atoms with van der Waals surface area (Å²) in [6.45, 7) is -0.0255. The van der Waals surface area contributed by atoms with Gasteiger partial charge in [-0.3, -0.25) is 15.3 Å². The van der Waals surface area contributed by atoms with Gasteiger partial charge in [0.15, 0.2) is 6.10 Å². The van der Waals surface area contributed by atoms with Crippen LogP contribution in [-0.4, -0.2) is 41.6 Å². The van der Waals surface area contributed by atoms with E-state index in [-0.39, 0.29) is 13.2 Å². The van der Waals surface area contributed by atoms with E-state index in [1.807, 2.05) is 24.3 Å². The summed E-state index contributed by atoms with van der Waals surface area (Å²) in [6, 6.07) is 25.1. The van der Waals surface area contributed by atoms with Gasteiger partial charge in [-0.15, -0.1) is 0 Å². The number of amides is 2. The number of hydrogen-bond donors (Lipinski definition) is 4. The van der Waals surface area contributed by atoms with Crippen LogP contribution in [-0.2, 0) is 9.53 Å². The average molecular weight is 507 g/mol. The Kier molecular flexibility index (Phi) is 11.0. The molecule has 0 bridgehead atoms. The molecular formula is C28H30N2O7. The molecule has 0 unspecified atom stereocenters. The summed E-state index contributed by atoms with van der Waals surface area (Å²) < 4.78 is 17.7. The molecule has 0 aromatic heterocycles. The van der Waals surface area contributed by atoms with Crippen LogP contribution in [0.3, 0.4) is 0 Å². The van der Waals surface area contributed by atoms with Crippen molar-refractivity contribution >= 4 is 17.7 Å². The van der Waals surface area contributed by atoms with Gasteiger partial charge < -0.3 is 19.3 Å². The van der Waals surface area contributed by atoms with Crippen molar-refractivity contribution in [3.05, 3.63) is 103 Å². The Balaban J connectivity index is 1.90. The highest BCUT2D eigenvalue weighted by Crippen LogP contribution is 2.31. The fourth-order valence-corrected chi connectivity index (χ4v) is 3.52. The van der Waals surface area contributed by atoms with E-state index in [9.17, 15) is 9.59 Å². The number of para-hydroxylation sites is 2. The molecule has 0 spiro atoms. The van der Waals surface area contributed by atoms with E-state index in [0.717, 1.165) is 0 Å². The topological polar surface area (TPSA) is 126 Å². The zero-order valence-electron chi connectivity index (χ0n) is 20.2. The number of anilines is 1. The molecule has 9 nitrogen and oxygen atoms in total. The number of aliphatic hydroxyl groups excluding tert-OH is 1. The largest absolute Gasteiger partial charge is 0.491 e. The second-order valence-electron chi connectivity index (χ2n) is 7.89. The fraction of sp³-hybridized carbons (Fsp3) is 0.214. The number of benzene rings is 3. The number of allylic oxidation sites excluding steroid dienone is 1. The number of hydroxylamine groups is 1. The van der Waals surface area contributed by atoms with Crippen LogP contribution >= 0.6 is 0 Å². The Bertz CT molecular complexity index is 1140. The second-order valence-corrected chi connectivity index (χ2v) is 7.89. The molecule has 0 saturated carbocycles. The quantitative estimate of drug-likeness (QED) is 0.151. The summed E-state index contributed by atoms with van der Waals surface area (Å²) in [6.07, 6.45) is 1.38. The molecule has 9 heteroatoms. The first-order chi connectivity index (χ1) is 18.1. The van der Waals surface area contributed by atoms with Gasteiger partial charge in [0.25, 0.3) is 5.91 Å². The third-order valence-corrected chi connectivity index (χ3v) is 5.17. The van der Waals surface area contributed by atoms with Crippen molar-refractivity contribution in [2.45, 2.75) is 25.0 Å². The summed E-state index contributed by atoms with van der Waals surface area (Å²) in [4.78, 5) is 24.3. The minimum atomic E-state index is -0.860. The number of rotatable bonds is 13. The molecule has 2 atom stereocenters. The van der Waals surface area contributed by atoms with Gasteiger partial charge in [-0.25, -0.2) is 10.3 Å². The summed E-state index contributed by atoms with van der Waals surface area (Å²) in [5.74, 6) is 0.431. The third-order valence-electron chi connectivity index (χ3n) is 5.17. The molecule has 3 aromatic rings. The molecule has 0 saturated heterocycles. The van der Waals surface area contributed by atoms with E-state index >= 15 is 0 Å². The molecule has 37 heavy (non-hydrogen) atoms. The molecule has 0 radical (unpaired) electrons. The highest BCUT2D eigenvalue weighted by atomic mass is 16.6. The molecular weight excluding hydrogens is 476 g/mol. The lowest BCUT2D eigenvalue weighted by atomic mass is 9.99. The van der Waals surface area contributed by atoms with Crippen molar-refractivity contribution in [2.75, 3.05) is 18.5 Å². The van der Waals surface area contributed by atoms with Gasteiger partial charge in [0, 0.05) is 11.8 Å². The molecule has 0 aliphatic carbocycles. The number of nitrogens with one attached hydrogen (secondary N) is 2. The van der Waals surface area contributed by atoms with Gasteiger partial charge in [-0.05, 0) is 54.8 Å². The lowest BCUT2D eigenvalue weighted by Crippen LogP contribution is -2.31. The first kappa shape index (κ1) is 27.3. The molecule has 2 amide bonds. The normalized spacial score (nSPS) is 12.4. The summed E-state index contributed by atoms with van der Waals surface area (Å²) in [5, 5.41) is 20.6. The van der Waals surface area contributed by atoms with Crippen molar-refractivity contribution in [1.82, 2.24) is 5.48 Å². The molecule has 0 fully saturated rings. The Morgan fingerprint density at radius 3 is 2.32 bits per heavy atom. The summed E-state index contributed by atoms with van der Waals surface area (Å²) in [7, 11) is 0. The van der Waals surface area contributed by atoms with Crippen LogP contribution in [0.2, 0.25) is 0 Å². The zero-order chi connectivity index (χ0) is 26.3. The van der Waals surface area contributed by atoms with Crippen LogP contribution < -0.4 is 20.3 Å². The van der Waals surface area contributed by atoms with Crippen LogP contribution in [0.5, 0.6) is 11.5 Å². The predicted octanol–water partition coefficient (Wildman–Crippen LogP) is 4.64. The summed E-state index contributed by atoms with van der Waals surface area (Å²) >= 11 is 0. The molecule has 4 N–H and O–H groups in total. The highest BCUT2D eigenvalue weighted by Gasteiger charge is 2.29. The van der Waals surface area contributed by atoms with Crippen molar-refractivity contribution in [2.24, 2.45) is 0 Å². The second kappa shape index (κ2) is 14.9. The number of carbonyl (C=O) groups is 2. The van der Waals surface area contributed by atoms with Gasteiger partial charge >= 0.3 is 6.09 Å². The van der Waals surface area contributed by atoms with E-state index in [1.54, 1.807) is 72.2 Å². The van der Waals surface area contributed by atoms with Gasteiger partial charge in [-0.1, -0.05) is 54.6 Å². The SMILES string of the molecule is O=C(/C=C/CC[C@@H](Oc1ccccc1)[C@H](OC(=O)Nc1ccccc1)c1cccc(OCCO)c1)NO. The van der Waals surface area contributed by atoms with Gasteiger partial charge in [0.2, 0.25) is 0 Å². The molecule has 3 aromatic carbocycles. The van der Waals surface area contributed by atoms with E-state index < -0.39 is 24.2 Å². The monoisotopic (exact) mass is 506 g/mol. The van der Waals surface area contributed by atoms with Gasteiger partial charge in [-0.2, -0.15) is 0 Å². The van der Waals surface area contributed by atoms with Crippen LogP contribution in [0.4, 0.5) is 10.5 Å². The van der Waals surface area contributed by atoms with Crippen LogP contribution in [0.25, 0.3) is 0 Å². The van der Waals surface area contributed by atoms with Gasteiger partial charge in [0.1, 0.15) is 24.2 Å². The lowest BCUT2D eigenvalue weighted by molar-refractivity contribution is -0.124. The summed E-state index contributed by atoms with van der Waals surface area (Å²) in [5.41, 5.74) is 2.74. The smallest absolute Gasteiger partial charge is 0.412 e. The number of aliphatic hydroxyl groups is 1. The maximum Gasteiger partial charge on any atom is 0.412 e. The lowest BCUT2D eigenvalue weighted by Gasteiger charge is -2.28. The van der Waals surface area contributed by atoms with Crippen molar-refractivity contribution < 1.29 is 34.1 Å². The van der Waals surface area contributed by atoms with Crippen molar-refractivity contribution in [1.29, 1.82) is 0 Å². The van der Waals surface area contributed by atoms with E-state index in [1.165, 1.54) is 6.08 Å². The van der Waals surface area contributed by atoms with Crippen molar-refractivity contribution in [3.8, 4) is 11.5 Å². The van der Waals surface area contributed by atoms with Crippen LogP contribution in [0, 0.1) is 0 Å². The standard InChI is InChI=1S/C28H30N2O7/c31-18-19-35-24-15-9-10-21(20-24)27(37-28(33)29-22-11-3-1-4-12-22)25(16-7-8-17-26(32)30-34)36-23-13-5-2-6-14-23/h1-6,8-15,17,20,25,27,31,34H,7,16,18-19H2,(H,29,33)(H,30,32)/b17-8+/t25-,27-/m1/s1. The number of hydrogen-bond acceptors (Lipinski definition) is 7. The van der Waals surface area contributed by atoms with E-state index in [2.05, 4.69) is 5.32 Å². The fourth-order valence-electron chi connectivity index (χ4n) is 3.52. The van der Waals surface area contributed by atoms with E-state index in [0.29, 0.717) is 35.6 Å². The molecule has 0 aliphatic rings. The van der Waals surface area contributed by atoms with Crippen molar-refractivity contribution in [3.63, 3.8) is 0 Å². The first-order valence-corrected chi connectivity index (χ1v) is 11.8. The maximum atomic E-state index is 12.9. The Hall–Kier alpha value is -4.34. The van der Waals surface area contributed by atoms with Gasteiger partial charge in [0.05, 0.1) is 6.61 Å². The van der Waals surface area contributed by atoms with Crippen LogP contribution in [0.1, 0.15) is 24.5 Å². The van der Waals surface area contributed by atoms with E-state index in [4.69, 9.17) is 24.5 Å². The minimum absolute atomic E-state index is 0.116. The molecule has 0 aliphatic heterocycles. The Morgan fingerprint density at radius 2 is 1.62 bits per heavy atom. The molecule has 194 valence electrons. The molecule has 0 heterocycles. The predicted molar refractivity (Wildman–Crippen MR) is 137 cm³/mol. The number of carbonyl (C=O) groups excluding carboxylic acids is 2. The van der Waals surface area contributed by atoms with Crippen LogP contribution in [0.15, 0.2) is 97.1 Å². The first-order valence-electron chi connectivity index (χ1n) is 11.8. The highest BCUT2D eigenvalue weighted by molar-refractivity contribution is 5.86. The number of ether oxygens (including phenoxy) is 3. The Morgan fingerprint density at radius 1 is 0.919 bits per heavy atom. The zero-order valence-corrected chi connectivity index (χ0v) is 20.2. The third kappa shape index (κ3) is 9.32. The minimum Gasteiger partial charge on any atom is -0.491 e. The maximum absolute atomic E-state index is 12.9. The molecule has 3 rings (SSSR count). The Labute approximate surface area is 215 Å². The average Bonchev–Trinajstić information content (AvgIpc) is 2.93.